The molecule has 0 atom stereocenters. The number of aryl methyl sites for hydroxylation is 4. The van der Waals surface area contributed by atoms with Gasteiger partial charge < -0.3 is 23.5 Å². The molecule has 0 spiro atoms. The maximum atomic E-state index is 7.03. The number of hydrogen-bond donors (Lipinski definition) is 0. The monoisotopic (exact) mass is 1050 g/mol. The number of furan rings is 2. The number of pyridine rings is 2. The van der Waals surface area contributed by atoms with E-state index in [0.717, 1.165) is 78.9 Å². The van der Waals surface area contributed by atoms with Crippen LogP contribution in [0.3, 0.4) is 0 Å². The number of fused-ring (bicyclic) bond motifs is 4. The molecule has 0 N–H and O–H groups in total. The summed E-state index contributed by atoms with van der Waals surface area (Å²) in [6, 6.07) is 45.5. The van der Waals surface area contributed by atoms with Crippen LogP contribution in [-0.4, -0.2) is 9.97 Å². The fraction of sp³-hybridized carbons (Fsp3) is 0.233. The van der Waals surface area contributed by atoms with Gasteiger partial charge in [0.1, 0.15) is 22.7 Å². The molecule has 5 nitrogen and oxygen atoms in total. The number of hydrogen-bond acceptors (Lipinski definition) is 5. The van der Waals surface area contributed by atoms with Gasteiger partial charge in [0.15, 0.2) is 0 Å². The SMILES string of the molecule is Cc1cc(CC(C)(C)C)cc(C)c1-c1cc2ccnc(-c3[c-]c(Oc4[c-]c(-c5nccc6cc(-c7c(C)cc(CC(C)(C)C)cc7C)oc56)cc5ccccc45)c4ccccc4c3)c2o1.[Pt+2]. The van der Waals surface area contributed by atoms with E-state index in [1.54, 1.807) is 0 Å². The Morgan fingerprint density at radius 3 is 1.24 bits per heavy atom. The van der Waals surface area contributed by atoms with Crippen LogP contribution in [0.2, 0.25) is 0 Å². The third-order valence-corrected chi connectivity index (χ3v) is 12.2. The summed E-state index contributed by atoms with van der Waals surface area (Å²) in [6.07, 6.45) is 5.70. The zero-order chi connectivity index (χ0) is 45.4. The van der Waals surface area contributed by atoms with Crippen molar-refractivity contribution in [2.24, 2.45) is 10.8 Å². The maximum absolute atomic E-state index is 7.03. The van der Waals surface area contributed by atoms with Gasteiger partial charge in [-0.1, -0.05) is 148 Å². The number of benzene rings is 6. The van der Waals surface area contributed by atoms with Crippen molar-refractivity contribution in [2.45, 2.75) is 82.1 Å². The first-order chi connectivity index (χ1) is 31.0. The van der Waals surface area contributed by atoms with Crippen molar-refractivity contribution in [3.05, 3.63) is 167 Å². The Balaban J connectivity index is 0.00000548. The van der Waals surface area contributed by atoms with E-state index < -0.39 is 0 Å². The predicted molar refractivity (Wildman–Crippen MR) is 268 cm³/mol. The Bertz CT molecular complexity index is 3210. The summed E-state index contributed by atoms with van der Waals surface area (Å²) in [5.74, 6) is 2.79. The summed E-state index contributed by atoms with van der Waals surface area (Å²) in [5.41, 5.74) is 14.4. The van der Waals surface area contributed by atoms with Crippen molar-refractivity contribution in [1.82, 2.24) is 9.97 Å². The van der Waals surface area contributed by atoms with Crippen LogP contribution in [0.4, 0.5) is 0 Å². The first-order valence-electron chi connectivity index (χ1n) is 22.6. The molecule has 10 rings (SSSR count). The Morgan fingerprint density at radius 2 is 0.864 bits per heavy atom. The Kier molecular flexibility index (Phi) is 11.7. The standard InChI is InChI=1S/C60H54N2O3.Pt/c1-35-23-39(33-59(5,6)7)24-36(2)53(35)51-29-43-19-21-61-55(57(43)64-51)45-27-41-15-11-13-17-47(41)49(31-45)63-50-32-46(28-42-16-12-14-18-48(42)50)56-58-44(20-22-62-56)30-52(65-58)54-37(3)25-40(26-38(54)4)34-60(8,9)10;/h11-30H,33-34H2,1-10H3;/q-2;+2. The van der Waals surface area contributed by atoms with Crippen LogP contribution in [0, 0.1) is 50.7 Å². The second kappa shape index (κ2) is 17.2. The molecule has 0 aliphatic carbocycles. The zero-order valence-electron chi connectivity index (χ0n) is 39.4. The summed E-state index contributed by atoms with van der Waals surface area (Å²) in [5, 5.41) is 5.78. The van der Waals surface area contributed by atoms with Crippen LogP contribution in [-0.2, 0) is 33.9 Å². The molecule has 0 fully saturated rings. The molecule has 0 aliphatic heterocycles. The van der Waals surface area contributed by atoms with E-state index in [9.17, 15) is 0 Å². The number of rotatable bonds is 8. The molecular formula is C60H54N2O3Pt. The topological polar surface area (TPSA) is 61.3 Å². The minimum absolute atomic E-state index is 0. The van der Waals surface area contributed by atoms with Gasteiger partial charge in [0, 0.05) is 45.7 Å². The average Bonchev–Trinajstić information content (AvgIpc) is 3.86. The second-order valence-corrected chi connectivity index (χ2v) is 20.4. The molecule has 0 bridgehead atoms. The van der Waals surface area contributed by atoms with E-state index in [1.807, 2.05) is 48.8 Å². The number of nitrogens with zero attached hydrogens (tertiary/aromatic N) is 2. The molecule has 0 amide bonds. The molecule has 0 aliphatic rings. The molecule has 0 radical (unpaired) electrons. The molecule has 66 heavy (non-hydrogen) atoms. The van der Waals surface area contributed by atoms with Crippen molar-refractivity contribution >= 4 is 43.5 Å². The van der Waals surface area contributed by atoms with Gasteiger partial charge in [-0.25, -0.2) is 0 Å². The molecule has 332 valence electrons. The second-order valence-electron chi connectivity index (χ2n) is 20.4. The summed E-state index contributed by atoms with van der Waals surface area (Å²) in [4.78, 5) is 9.83. The minimum atomic E-state index is 0. The smallest absolute Gasteiger partial charge is 0.495 e. The van der Waals surface area contributed by atoms with Crippen molar-refractivity contribution in [1.29, 1.82) is 0 Å². The van der Waals surface area contributed by atoms with E-state index in [1.165, 1.54) is 33.4 Å². The minimum Gasteiger partial charge on any atom is -0.495 e. The van der Waals surface area contributed by atoms with Crippen LogP contribution in [0.5, 0.6) is 11.5 Å². The van der Waals surface area contributed by atoms with Gasteiger partial charge in [-0.15, -0.1) is 23.3 Å². The van der Waals surface area contributed by atoms with E-state index in [4.69, 9.17) is 23.5 Å². The van der Waals surface area contributed by atoms with E-state index in [2.05, 4.69) is 154 Å². The largest absolute Gasteiger partial charge is 2.00 e. The van der Waals surface area contributed by atoms with E-state index in [0.29, 0.717) is 34.1 Å². The van der Waals surface area contributed by atoms with Crippen LogP contribution < -0.4 is 4.74 Å². The first kappa shape index (κ1) is 44.9. The maximum Gasteiger partial charge on any atom is 2.00 e. The molecule has 4 aromatic heterocycles. The Hall–Kier alpha value is -6.29. The van der Waals surface area contributed by atoms with Gasteiger partial charge in [0.05, 0.1) is 11.5 Å². The van der Waals surface area contributed by atoms with Crippen LogP contribution >= 0.6 is 0 Å². The molecular weight excluding hydrogens is 992 g/mol. The Labute approximate surface area is 402 Å². The summed E-state index contributed by atoms with van der Waals surface area (Å²) in [6.45, 7) is 22.4. The van der Waals surface area contributed by atoms with Gasteiger partial charge in [-0.3, -0.25) is 0 Å². The normalized spacial score (nSPS) is 12.1. The van der Waals surface area contributed by atoms with Gasteiger partial charge in [0.2, 0.25) is 0 Å². The predicted octanol–water partition coefficient (Wildman–Crippen LogP) is 16.7. The molecule has 6 heteroatoms. The van der Waals surface area contributed by atoms with Crippen molar-refractivity contribution < 1.29 is 34.6 Å². The fourth-order valence-corrected chi connectivity index (χ4v) is 9.81. The van der Waals surface area contributed by atoms with E-state index in [-0.39, 0.29) is 31.9 Å². The molecule has 0 unspecified atom stereocenters. The molecule has 0 saturated heterocycles. The van der Waals surface area contributed by atoms with E-state index >= 15 is 0 Å². The number of ether oxygens (including phenoxy) is 1. The van der Waals surface area contributed by atoms with Crippen LogP contribution in [0.15, 0.2) is 130 Å². The van der Waals surface area contributed by atoms with Gasteiger partial charge >= 0.3 is 21.1 Å². The summed E-state index contributed by atoms with van der Waals surface area (Å²) < 4.78 is 20.6. The average molecular weight is 1050 g/mol. The van der Waals surface area contributed by atoms with Crippen molar-refractivity contribution in [2.75, 3.05) is 0 Å². The Morgan fingerprint density at radius 1 is 0.485 bits per heavy atom. The molecule has 6 aromatic carbocycles. The summed E-state index contributed by atoms with van der Waals surface area (Å²) in [7, 11) is 0. The van der Waals surface area contributed by atoms with Crippen molar-refractivity contribution in [3.8, 4) is 56.7 Å². The van der Waals surface area contributed by atoms with Crippen LogP contribution in [0.25, 0.3) is 88.6 Å². The van der Waals surface area contributed by atoms with Gasteiger partial charge in [0.25, 0.3) is 0 Å². The third kappa shape index (κ3) is 8.74. The molecule has 0 saturated carbocycles. The third-order valence-electron chi connectivity index (χ3n) is 12.2. The van der Waals surface area contributed by atoms with Crippen LogP contribution in [0.1, 0.15) is 74.9 Å². The number of aromatic nitrogens is 2. The van der Waals surface area contributed by atoms with Gasteiger partial charge in [-0.05, 0) is 109 Å². The fourth-order valence-electron chi connectivity index (χ4n) is 9.81. The summed E-state index contributed by atoms with van der Waals surface area (Å²) >= 11 is 0. The molecule has 10 aromatic rings. The van der Waals surface area contributed by atoms with Gasteiger partial charge in [-0.2, -0.15) is 0 Å². The molecule has 4 heterocycles. The van der Waals surface area contributed by atoms with Crippen molar-refractivity contribution in [3.63, 3.8) is 0 Å². The first-order valence-corrected chi connectivity index (χ1v) is 22.6. The zero-order valence-corrected chi connectivity index (χ0v) is 41.7. The quantitative estimate of drug-likeness (QED) is 0.142.